The molecule has 0 radical (unpaired) electrons. The van der Waals surface area contributed by atoms with Gasteiger partial charge in [-0.15, -0.1) is 0 Å². The number of aliphatic hydroxyl groups is 1. The Labute approximate surface area is 129 Å². The molecule has 0 bridgehead atoms. The van der Waals surface area contributed by atoms with Gasteiger partial charge in [-0.1, -0.05) is 66.2 Å². The average molecular weight is 333 g/mol. The molecule has 1 atom stereocenters. The van der Waals surface area contributed by atoms with Crippen LogP contribution in [0.2, 0.25) is 0 Å². The number of benzene rings is 2. The lowest BCUT2D eigenvalue weighted by Crippen LogP contribution is -2.02. The van der Waals surface area contributed by atoms with E-state index in [1.165, 1.54) is 11.1 Å². The van der Waals surface area contributed by atoms with E-state index in [2.05, 4.69) is 54.0 Å². The minimum absolute atomic E-state index is 0.452. The molecule has 0 saturated heterocycles. The van der Waals surface area contributed by atoms with E-state index in [0.29, 0.717) is 12.3 Å². The van der Waals surface area contributed by atoms with Gasteiger partial charge in [0.15, 0.2) is 0 Å². The van der Waals surface area contributed by atoms with E-state index in [1.807, 2.05) is 25.1 Å². The van der Waals surface area contributed by atoms with E-state index in [1.54, 1.807) is 0 Å². The first-order chi connectivity index (χ1) is 9.47. The smallest absolute Gasteiger partial charge is 0.0830 e. The molecule has 2 aromatic carbocycles. The standard InChI is InChI=1S/C18H21BrO/c1-12(2)15-6-4-14(5-7-15)11-18(20)16-8-9-17(19)13(3)10-16/h4-10,12,18,20H,11H2,1-3H3. The minimum Gasteiger partial charge on any atom is -0.388 e. The lowest BCUT2D eigenvalue weighted by molar-refractivity contribution is 0.178. The first kappa shape index (κ1) is 15.3. The first-order valence-corrected chi connectivity index (χ1v) is 7.79. The molecule has 0 aliphatic rings. The van der Waals surface area contributed by atoms with Crippen LogP contribution in [0.15, 0.2) is 46.9 Å². The van der Waals surface area contributed by atoms with Crippen LogP contribution in [-0.2, 0) is 6.42 Å². The quantitative estimate of drug-likeness (QED) is 0.820. The van der Waals surface area contributed by atoms with Crippen molar-refractivity contribution in [2.75, 3.05) is 0 Å². The summed E-state index contributed by atoms with van der Waals surface area (Å²) >= 11 is 3.49. The van der Waals surface area contributed by atoms with Gasteiger partial charge >= 0.3 is 0 Å². The highest BCUT2D eigenvalue weighted by atomic mass is 79.9. The number of hydrogen-bond acceptors (Lipinski definition) is 1. The summed E-state index contributed by atoms with van der Waals surface area (Å²) in [7, 11) is 0. The normalized spacial score (nSPS) is 12.7. The summed E-state index contributed by atoms with van der Waals surface area (Å²) in [6.45, 7) is 6.42. The highest BCUT2D eigenvalue weighted by molar-refractivity contribution is 9.10. The molecule has 20 heavy (non-hydrogen) atoms. The SMILES string of the molecule is Cc1cc(C(O)Cc2ccc(C(C)C)cc2)ccc1Br. The molecule has 1 unspecified atom stereocenters. The van der Waals surface area contributed by atoms with Crippen molar-refractivity contribution in [1.29, 1.82) is 0 Å². The molecule has 1 N–H and O–H groups in total. The molecule has 0 amide bonds. The molecule has 1 nitrogen and oxygen atoms in total. The van der Waals surface area contributed by atoms with Crippen LogP contribution in [0.3, 0.4) is 0 Å². The fourth-order valence-corrected chi connectivity index (χ4v) is 2.50. The maximum atomic E-state index is 10.4. The maximum absolute atomic E-state index is 10.4. The fourth-order valence-electron chi connectivity index (χ4n) is 2.25. The van der Waals surface area contributed by atoms with E-state index in [0.717, 1.165) is 15.6 Å². The van der Waals surface area contributed by atoms with Gasteiger partial charge in [0.25, 0.3) is 0 Å². The second-order valence-corrected chi connectivity index (χ2v) is 6.48. The van der Waals surface area contributed by atoms with E-state index in [9.17, 15) is 5.11 Å². The monoisotopic (exact) mass is 332 g/mol. The summed E-state index contributed by atoms with van der Waals surface area (Å²) in [5.74, 6) is 0.545. The van der Waals surface area contributed by atoms with Crippen molar-refractivity contribution in [2.24, 2.45) is 0 Å². The number of aliphatic hydroxyl groups excluding tert-OH is 1. The molecule has 0 spiro atoms. The van der Waals surface area contributed by atoms with Crippen molar-refractivity contribution in [3.63, 3.8) is 0 Å². The molecule has 2 heteroatoms. The average Bonchev–Trinajstić information content (AvgIpc) is 2.42. The molecule has 0 saturated carbocycles. The van der Waals surface area contributed by atoms with E-state index in [-0.39, 0.29) is 0 Å². The molecule has 0 heterocycles. The third-order valence-corrected chi connectivity index (χ3v) is 4.53. The lowest BCUT2D eigenvalue weighted by atomic mass is 9.97. The van der Waals surface area contributed by atoms with Crippen molar-refractivity contribution >= 4 is 15.9 Å². The Balaban J connectivity index is 2.10. The Kier molecular flexibility index (Phi) is 5.00. The predicted molar refractivity (Wildman–Crippen MR) is 88.1 cm³/mol. The highest BCUT2D eigenvalue weighted by Crippen LogP contribution is 2.24. The van der Waals surface area contributed by atoms with Gasteiger partial charge in [0.2, 0.25) is 0 Å². The van der Waals surface area contributed by atoms with Crippen LogP contribution in [0.4, 0.5) is 0 Å². The van der Waals surface area contributed by atoms with Gasteiger partial charge in [-0.05, 0) is 41.2 Å². The lowest BCUT2D eigenvalue weighted by Gasteiger charge is -2.13. The number of aryl methyl sites for hydroxylation is 1. The second kappa shape index (κ2) is 6.55. The molecule has 0 aliphatic heterocycles. The summed E-state index contributed by atoms with van der Waals surface area (Å²) in [6.07, 6.45) is 0.200. The van der Waals surface area contributed by atoms with Crippen molar-refractivity contribution < 1.29 is 5.11 Å². The zero-order valence-electron chi connectivity index (χ0n) is 12.2. The Bertz CT molecular complexity index is 572. The third-order valence-electron chi connectivity index (χ3n) is 3.64. The largest absolute Gasteiger partial charge is 0.388 e. The summed E-state index contributed by atoms with van der Waals surface area (Å²) in [6, 6.07) is 14.5. The second-order valence-electron chi connectivity index (χ2n) is 5.62. The molecule has 2 aromatic rings. The Morgan fingerprint density at radius 3 is 2.15 bits per heavy atom. The van der Waals surface area contributed by atoms with Crippen LogP contribution in [0.5, 0.6) is 0 Å². The predicted octanol–water partition coefficient (Wildman–Crippen LogP) is 5.16. The molecular weight excluding hydrogens is 312 g/mol. The summed E-state index contributed by atoms with van der Waals surface area (Å²) in [4.78, 5) is 0. The fraction of sp³-hybridized carbons (Fsp3) is 0.333. The van der Waals surface area contributed by atoms with Crippen LogP contribution in [0, 0.1) is 6.92 Å². The van der Waals surface area contributed by atoms with E-state index >= 15 is 0 Å². The van der Waals surface area contributed by atoms with Gasteiger partial charge in [0.05, 0.1) is 6.10 Å². The van der Waals surface area contributed by atoms with Crippen LogP contribution in [0.25, 0.3) is 0 Å². The van der Waals surface area contributed by atoms with E-state index in [4.69, 9.17) is 0 Å². The minimum atomic E-state index is -0.452. The number of hydrogen-bond donors (Lipinski definition) is 1. The summed E-state index contributed by atoms with van der Waals surface area (Å²) < 4.78 is 1.08. The molecule has 0 aromatic heterocycles. The van der Waals surface area contributed by atoms with Gasteiger partial charge in [0, 0.05) is 10.9 Å². The molecule has 0 aliphatic carbocycles. The van der Waals surface area contributed by atoms with Gasteiger partial charge in [-0.2, -0.15) is 0 Å². The topological polar surface area (TPSA) is 20.2 Å². The zero-order chi connectivity index (χ0) is 14.7. The number of halogens is 1. The Morgan fingerprint density at radius 1 is 1.00 bits per heavy atom. The zero-order valence-corrected chi connectivity index (χ0v) is 13.8. The highest BCUT2D eigenvalue weighted by Gasteiger charge is 2.10. The van der Waals surface area contributed by atoms with Crippen LogP contribution < -0.4 is 0 Å². The summed E-state index contributed by atoms with van der Waals surface area (Å²) in [5.41, 5.74) is 4.63. The van der Waals surface area contributed by atoms with Crippen LogP contribution >= 0.6 is 15.9 Å². The molecule has 0 fully saturated rings. The van der Waals surface area contributed by atoms with Crippen molar-refractivity contribution in [2.45, 2.75) is 39.2 Å². The third kappa shape index (κ3) is 3.71. The van der Waals surface area contributed by atoms with Gasteiger partial charge < -0.3 is 5.11 Å². The van der Waals surface area contributed by atoms with Crippen molar-refractivity contribution in [1.82, 2.24) is 0 Å². The van der Waals surface area contributed by atoms with Crippen LogP contribution in [-0.4, -0.2) is 5.11 Å². The first-order valence-electron chi connectivity index (χ1n) is 7.00. The Morgan fingerprint density at radius 2 is 1.60 bits per heavy atom. The molecular formula is C18H21BrO. The Hall–Kier alpha value is -1.12. The number of rotatable bonds is 4. The van der Waals surface area contributed by atoms with Crippen molar-refractivity contribution in [3.8, 4) is 0 Å². The maximum Gasteiger partial charge on any atom is 0.0830 e. The molecule has 106 valence electrons. The van der Waals surface area contributed by atoms with Gasteiger partial charge in [-0.25, -0.2) is 0 Å². The summed E-state index contributed by atoms with van der Waals surface area (Å²) in [5, 5.41) is 10.4. The van der Waals surface area contributed by atoms with Crippen LogP contribution in [0.1, 0.15) is 48.1 Å². The van der Waals surface area contributed by atoms with Gasteiger partial charge in [-0.3, -0.25) is 0 Å². The van der Waals surface area contributed by atoms with Gasteiger partial charge in [0.1, 0.15) is 0 Å². The van der Waals surface area contributed by atoms with E-state index < -0.39 is 6.10 Å². The molecule has 2 rings (SSSR count). The van der Waals surface area contributed by atoms with Crippen molar-refractivity contribution in [3.05, 3.63) is 69.2 Å².